The average Bonchev–Trinajstić information content (AvgIpc) is 2.65. The SMILES string of the molecule is COC1CCC(n2c(=O)c(C(=O)C3=C(O)CCCC3=O)nn(C)c2=O)CC1. The van der Waals surface area contributed by atoms with E-state index in [9.17, 15) is 24.3 Å². The predicted molar refractivity (Wildman–Crippen MR) is 94.9 cm³/mol. The van der Waals surface area contributed by atoms with Crippen molar-refractivity contribution < 1.29 is 19.4 Å². The van der Waals surface area contributed by atoms with Crippen LogP contribution in [-0.4, -0.2) is 44.2 Å². The predicted octanol–water partition coefficient (Wildman–Crippen LogP) is 0.820. The van der Waals surface area contributed by atoms with Gasteiger partial charge in [0.1, 0.15) is 11.3 Å². The van der Waals surface area contributed by atoms with Crippen molar-refractivity contribution >= 4 is 11.6 Å². The summed E-state index contributed by atoms with van der Waals surface area (Å²) < 4.78 is 7.30. The van der Waals surface area contributed by atoms with E-state index in [4.69, 9.17) is 4.74 Å². The smallest absolute Gasteiger partial charge is 0.347 e. The summed E-state index contributed by atoms with van der Waals surface area (Å²) in [5.74, 6) is -1.75. The highest BCUT2D eigenvalue weighted by Crippen LogP contribution is 2.28. The average molecular weight is 377 g/mol. The number of ether oxygens (including phenoxy) is 1. The molecule has 0 bridgehead atoms. The lowest BCUT2D eigenvalue weighted by atomic mass is 9.91. The zero-order valence-corrected chi connectivity index (χ0v) is 15.4. The molecular weight excluding hydrogens is 354 g/mol. The molecule has 0 saturated heterocycles. The summed E-state index contributed by atoms with van der Waals surface area (Å²) in [6.45, 7) is 0. The number of Topliss-reactive ketones (excluding diaryl/α,β-unsaturated/α-hetero) is 2. The first-order valence-corrected chi connectivity index (χ1v) is 9.07. The van der Waals surface area contributed by atoms with E-state index in [0.717, 1.165) is 9.25 Å². The fraction of sp³-hybridized carbons (Fsp3) is 0.611. The summed E-state index contributed by atoms with van der Waals surface area (Å²) in [4.78, 5) is 50.3. The standard InChI is InChI=1S/C18H23N3O6/c1-20-18(26)21(10-6-8-11(27-2)9-7-10)17(25)15(19-20)16(24)14-12(22)4-3-5-13(14)23/h10-11,22H,3-9H2,1-2H3. The maximum Gasteiger partial charge on any atom is 0.347 e. The monoisotopic (exact) mass is 377 g/mol. The normalized spacial score (nSPS) is 23.6. The van der Waals surface area contributed by atoms with E-state index in [1.165, 1.54) is 7.05 Å². The van der Waals surface area contributed by atoms with Gasteiger partial charge in [-0.15, -0.1) is 0 Å². The number of nitrogens with zero attached hydrogens (tertiary/aromatic N) is 3. The molecule has 0 spiro atoms. The van der Waals surface area contributed by atoms with Crippen LogP contribution in [0.15, 0.2) is 20.9 Å². The summed E-state index contributed by atoms with van der Waals surface area (Å²) in [6, 6.07) is -0.359. The summed E-state index contributed by atoms with van der Waals surface area (Å²) in [5, 5.41) is 13.8. The van der Waals surface area contributed by atoms with Crippen LogP contribution in [0.5, 0.6) is 0 Å². The zero-order valence-electron chi connectivity index (χ0n) is 15.4. The van der Waals surface area contributed by atoms with Gasteiger partial charge < -0.3 is 9.84 Å². The van der Waals surface area contributed by atoms with E-state index in [-0.39, 0.29) is 36.3 Å². The van der Waals surface area contributed by atoms with Gasteiger partial charge in [0.25, 0.3) is 5.56 Å². The summed E-state index contributed by atoms with van der Waals surface area (Å²) in [7, 11) is 2.98. The molecular formula is C18H23N3O6. The second-order valence-electron chi connectivity index (χ2n) is 7.02. The number of rotatable bonds is 4. The number of aliphatic hydroxyl groups is 1. The number of allylic oxidation sites excluding steroid dienone is 2. The molecule has 1 aromatic heterocycles. The van der Waals surface area contributed by atoms with Crippen molar-refractivity contribution in [3.8, 4) is 0 Å². The number of methoxy groups -OCH3 is 1. The van der Waals surface area contributed by atoms with E-state index in [1.807, 2.05) is 0 Å². The van der Waals surface area contributed by atoms with Crippen LogP contribution in [-0.2, 0) is 16.6 Å². The molecule has 146 valence electrons. The maximum atomic E-state index is 12.9. The van der Waals surface area contributed by atoms with Crippen molar-refractivity contribution in [3.63, 3.8) is 0 Å². The maximum absolute atomic E-state index is 12.9. The van der Waals surface area contributed by atoms with E-state index >= 15 is 0 Å². The lowest BCUT2D eigenvalue weighted by molar-refractivity contribution is -0.116. The zero-order chi connectivity index (χ0) is 19.7. The Morgan fingerprint density at radius 3 is 2.41 bits per heavy atom. The van der Waals surface area contributed by atoms with Crippen LogP contribution in [0.1, 0.15) is 61.5 Å². The lowest BCUT2D eigenvalue weighted by Gasteiger charge is -2.28. The molecule has 1 aromatic rings. The Morgan fingerprint density at radius 2 is 1.81 bits per heavy atom. The minimum Gasteiger partial charge on any atom is -0.511 e. The number of aromatic nitrogens is 3. The van der Waals surface area contributed by atoms with Crippen LogP contribution in [0, 0.1) is 0 Å². The topological polar surface area (TPSA) is 120 Å². The Hall–Kier alpha value is -2.55. The molecule has 1 heterocycles. The molecule has 1 N–H and O–H groups in total. The number of aryl methyl sites for hydroxylation is 1. The Bertz CT molecular complexity index is 918. The van der Waals surface area contributed by atoms with Crippen LogP contribution in [0.2, 0.25) is 0 Å². The molecule has 1 saturated carbocycles. The molecule has 0 aliphatic heterocycles. The first-order chi connectivity index (χ1) is 12.8. The second kappa shape index (κ2) is 7.59. The van der Waals surface area contributed by atoms with Crippen LogP contribution in [0.25, 0.3) is 0 Å². The van der Waals surface area contributed by atoms with Crippen molar-refractivity contribution in [1.82, 2.24) is 14.3 Å². The van der Waals surface area contributed by atoms with Gasteiger partial charge in [-0.1, -0.05) is 0 Å². The van der Waals surface area contributed by atoms with Crippen molar-refractivity contribution in [2.24, 2.45) is 7.05 Å². The van der Waals surface area contributed by atoms with Gasteiger partial charge in [0.05, 0.1) is 6.10 Å². The number of ketones is 2. The molecule has 2 aliphatic carbocycles. The largest absolute Gasteiger partial charge is 0.511 e. The van der Waals surface area contributed by atoms with Gasteiger partial charge in [-0.3, -0.25) is 19.0 Å². The van der Waals surface area contributed by atoms with Crippen LogP contribution in [0.3, 0.4) is 0 Å². The van der Waals surface area contributed by atoms with Crippen molar-refractivity contribution in [1.29, 1.82) is 0 Å². The molecule has 9 heteroatoms. The Kier molecular flexibility index (Phi) is 5.41. The van der Waals surface area contributed by atoms with Crippen LogP contribution >= 0.6 is 0 Å². The summed E-state index contributed by atoms with van der Waals surface area (Å²) in [5.41, 5.74) is -2.32. The third-order valence-corrected chi connectivity index (χ3v) is 5.32. The number of carbonyl (C=O) groups is 2. The Balaban J connectivity index is 2.05. The molecule has 0 radical (unpaired) electrons. The fourth-order valence-electron chi connectivity index (χ4n) is 3.80. The van der Waals surface area contributed by atoms with Crippen molar-refractivity contribution in [2.45, 2.75) is 57.1 Å². The molecule has 1 fully saturated rings. The number of hydrogen-bond acceptors (Lipinski definition) is 7. The highest BCUT2D eigenvalue weighted by molar-refractivity contribution is 6.26. The molecule has 2 aliphatic rings. The molecule has 0 amide bonds. The lowest BCUT2D eigenvalue weighted by Crippen LogP contribution is -2.47. The third kappa shape index (κ3) is 3.51. The van der Waals surface area contributed by atoms with Gasteiger partial charge in [-0.25, -0.2) is 9.48 Å². The van der Waals surface area contributed by atoms with E-state index < -0.39 is 28.5 Å². The van der Waals surface area contributed by atoms with E-state index in [2.05, 4.69) is 5.10 Å². The van der Waals surface area contributed by atoms with Gasteiger partial charge >= 0.3 is 5.69 Å². The number of hydrogen-bond donors (Lipinski definition) is 1. The summed E-state index contributed by atoms with van der Waals surface area (Å²) >= 11 is 0. The molecule has 27 heavy (non-hydrogen) atoms. The molecule has 0 aromatic carbocycles. The number of carbonyl (C=O) groups excluding carboxylic acids is 2. The molecule has 3 rings (SSSR count). The first kappa shape index (κ1) is 19.2. The van der Waals surface area contributed by atoms with E-state index in [1.54, 1.807) is 7.11 Å². The van der Waals surface area contributed by atoms with Crippen LogP contribution < -0.4 is 11.2 Å². The first-order valence-electron chi connectivity index (χ1n) is 9.07. The minimum absolute atomic E-state index is 0.0886. The van der Waals surface area contributed by atoms with Crippen LogP contribution in [0.4, 0.5) is 0 Å². The van der Waals surface area contributed by atoms with Gasteiger partial charge in [-0.2, -0.15) is 5.10 Å². The molecule has 9 nitrogen and oxygen atoms in total. The highest BCUT2D eigenvalue weighted by Gasteiger charge is 2.33. The minimum atomic E-state index is -0.919. The van der Waals surface area contributed by atoms with Gasteiger partial charge in [0.15, 0.2) is 11.5 Å². The van der Waals surface area contributed by atoms with Gasteiger partial charge in [0.2, 0.25) is 5.78 Å². The third-order valence-electron chi connectivity index (χ3n) is 5.32. The Labute approximate surface area is 155 Å². The van der Waals surface area contributed by atoms with Gasteiger partial charge in [0, 0.05) is 33.0 Å². The quantitative estimate of drug-likeness (QED) is 0.609. The Morgan fingerprint density at radius 1 is 1.15 bits per heavy atom. The van der Waals surface area contributed by atoms with Crippen molar-refractivity contribution in [2.75, 3.05) is 7.11 Å². The number of aliphatic hydroxyl groups excluding tert-OH is 1. The highest BCUT2D eigenvalue weighted by atomic mass is 16.5. The van der Waals surface area contributed by atoms with Crippen molar-refractivity contribution in [3.05, 3.63) is 37.9 Å². The van der Waals surface area contributed by atoms with Gasteiger partial charge in [-0.05, 0) is 32.1 Å². The second-order valence-corrected chi connectivity index (χ2v) is 7.02. The molecule has 0 unspecified atom stereocenters. The summed E-state index contributed by atoms with van der Waals surface area (Å²) in [6.07, 6.45) is 3.41. The molecule has 0 atom stereocenters. The fourth-order valence-corrected chi connectivity index (χ4v) is 3.80. The van der Waals surface area contributed by atoms with E-state index in [0.29, 0.717) is 32.1 Å².